The largest absolute Gasteiger partial charge is 0.354 e. The second kappa shape index (κ2) is 7.86. The number of carbonyl (C=O) groups is 1. The summed E-state index contributed by atoms with van der Waals surface area (Å²) >= 11 is 0. The Morgan fingerprint density at radius 3 is 2.73 bits per heavy atom. The molecule has 30 heavy (non-hydrogen) atoms. The number of aromatic nitrogens is 2. The summed E-state index contributed by atoms with van der Waals surface area (Å²) in [4.78, 5) is 25.3. The molecule has 0 saturated carbocycles. The van der Waals surface area contributed by atoms with Gasteiger partial charge in [0.2, 0.25) is 11.9 Å². The molecule has 1 N–H and O–H groups in total. The van der Waals surface area contributed by atoms with Crippen LogP contribution in [0.15, 0.2) is 24.4 Å². The lowest BCUT2D eigenvalue weighted by Gasteiger charge is -2.25. The zero-order valence-corrected chi connectivity index (χ0v) is 18.4. The van der Waals surface area contributed by atoms with Crippen molar-refractivity contribution in [3.05, 3.63) is 35.5 Å². The van der Waals surface area contributed by atoms with Crippen LogP contribution in [0.4, 0.5) is 23.1 Å². The summed E-state index contributed by atoms with van der Waals surface area (Å²) in [5.41, 5.74) is 3.12. The zero-order chi connectivity index (χ0) is 21.5. The van der Waals surface area contributed by atoms with E-state index in [9.17, 15) is 13.2 Å². The molecule has 1 aromatic carbocycles. The van der Waals surface area contributed by atoms with E-state index in [1.165, 1.54) is 0 Å². The van der Waals surface area contributed by atoms with Gasteiger partial charge in [0.25, 0.3) is 0 Å². The summed E-state index contributed by atoms with van der Waals surface area (Å²) in [6.45, 7) is 5.79. The van der Waals surface area contributed by atoms with Crippen LogP contribution < -0.4 is 15.1 Å². The predicted octanol–water partition coefficient (Wildman–Crippen LogP) is 2.87. The number of sulfone groups is 1. The third-order valence-corrected chi connectivity index (χ3v) is 7.07. The fourth-order valence-corrected chi connectivity index (χ4v) is 5.40. The first kappa shape index (κ1) is 20.6. The molecule has 0 saturated heterocycles. The summed E-state index contributed by atoms with van der Waals surface area (Å²) < 4.78 is 23.7. The fraction of sp³-hybridized carbons (Fsp3) is 0.476. The van der Waals surface area contributed by atoms with Crippen molar-refractivity contribution in [2.75, 3.05) is 35.3 Å². The van der Waals surface area contributed by atoms with E-state index in [2.05, 4.69) is 29.0 Å². The molecule has 0 bridgehead atoms. The fourth-order valence-electron chi connectivity index (χ4n) is 3.80. The summed E-state index contributed by atoms with van der Waals surface area (Å²) in [5.74, 6) is 1.93. The number of hydrogen-bond donors (Lipinski definition) is 1. The average Bonchev–Trinajstić information content (AvgIpc) is 2.94. The van der Waals surface area contributed by atoms with Gasteiger partial charge in [0.15, 0.2) is 15.7 Å². The van der Waals surface area contributed by atoms with Gasteiger partial charge in [-0.15, -0.1) is 0 Å². The molecule has 1 aromatic heterocycles. The minimum Gasteiger partial charge on any atom is -0.354 e. The molecule has 1 amide bonds. The molecule has 160 valence electrons. The molecule has 4 rings (SSSR count). The molecule has 0 unspecified atom stereocenters. The number of carbonyl (C=O) groups excluding carboxylic acids is 1. The van der Waals surface area contributed by atoms with Gasteiger partial charge in [0.05, 0.1) is 17.7 Å². The lowest BCUT2D eigenvalue weighted by atomic mass is 10.1. The molecule has 9 heteroatoms. The SMILES string of the molecule is CC(C)CCN1CCC(=O)N(C)c2cnc(Nc3ccc4c(c3)CS(=O)(=O)C4)nc21. The lowest BCUT2D eigenvalue weighted by Crippen LogP contribution is -2.27. The maximum atomic E-state index is 12.4. The molecule has 0 spiro atoms. The Kier molecular flexibility index (Phi) is 5.40. The molecular formula is C21H27N5O3S. The normalized spacial score (nSPS) is 17.7. The molecule has 2 aromatic rings. The van der Waals surface area contributed by atoms with Crippen LogP contribution >= 0.6 is 0 Å². The molecule has 0 radical (unpaired) electrons. The first-order valence-electron chi connectivity index (χ1n) is 10.2. The van der Waals surface area contributed by atoms with Gasteiger partial charge in [-0.25, -0.2) is 13.4 Å². The van der Waals surface area contributed by atoms with Crippen molar-refractivity contribution in [2.45, 2.75) is 38.2 Å². The van der Waals surface area contributed by atoms with Crippen LogP contribution in [0.2, 0.25) is 0 Å². The van der Waals surface area contributed by atoms with Crippen molar-refractivity contribution < 1.29 is 13.2 Å². The smallest absolute Gasteiger partial charge is 0.229 e. The van der Waals surface area contributed by atoms with Crippen LogP contribution in [0.25, 0.3) is 0 Å². The Morgan fingerprint density at radius 2 is 1.97 bits per heavy atom. The van der Waals surface area contributed by atoms with Gasteiger partial charge in [-0.05, 0) is 35.6 Å². The number of fused-ring (bicyclic) bond motifs is 2. The molecule has 0 fully saturated rings. The Balaban J connectivity index is 1.62. The van der Waals surface area contributed by atoms with E-state index in [0.717, 1.165) is 35.6 Å². The van der Waals surface area contributed by atoms with Gasteiger partial charge >= 0.3 is 0 Å². The van der Waals surface area contributed by atoms with E-state index in [1.54, 1.807) is 18.1 Å². The number of benzene rings is 1. The lowest BCUT2D eigenvalue weighted by molar-refractivity contribution is -0.118. The van der Waals surface area contributed by atoms with Gasteiger partial charge in [0.1, 0.15) is 5.69 Å². The van der Waals surface area contributed by atoms with E-state index in [4.69, 9.17) is 4.98 Å². The topological polar surface area (TPSA) is 95.5 Å². The highest BCUT2D eigenvalue weighted by Crippen LogP contribution is 2.32. The van der Waals surface area contributed by atoms with Gasteiger partial charge in [-0.2, -0.15) is 4.98 Å². The molecular weight excluding hydrogens is 402 g/mol. The van der Waals surface area contributed by atoms with Crippen LogP contribution in [-0.4, -0.2) is 44.4 Å². The van der Waals surface area contributed by atoms with Gasteiger partial charge in [0, 0.05) is 32.2 Å². The average molecular weight is 430 g/mol. The van der Waals surface area contributed by atoms with Crippen molar-refractivity contribution in [3.8, 4) is 0 Å². The quantitative estimate of drug-likeness (QED) is 0.781. The molecule has 2 aliphatic rings. The number of nitrogens with zero attached hydrogens (tertiary/aromatic N) is 4. The first-order valence-corrected chi connectivity index (χ1v) is 12.0. The number of anilines is 4. The third-order valence-electron chi connectivity index (χ3n) is 5.57. The van der Waals surface area contributed by atoms with E-state index in [1.807, 2.05) is 18.2 Å². The molecule has 0 atom stereocenters. The molecule has 0 aliphatic carbocycles. The Labute approximate surface area is 177 Å². The Morgan fingerprint density at radius 1 is 1.20 bits per heavy atom. The number of rotatable bonds is 5. The first-order chi connectivity index (χ1) is 14.2. The van der Waals surface area contributed by atoms with Crippen LogP contribution in [0.1, 0.15) is 37.8 Å². The van der Waals surface area contributed by atoms with E-state index >= 15 is 0 Å². The predicted molar refractivity (Wildman–Crippen MR) is 118 cm³/mol. The number of hydrogen-bond acceptors (Lipinski definition) is 7. The van der Waals surface area contributed by atoms with Crippen molar-refractivity contribution in [2.24, 2.45) is 5.92 Å². The molecule has 2 aliphatic heterocycles. The van der Waals surface area contributed by atoms with E-state index < -0.39 is 9.84 Å². The monoisotopic (exact) mass is 429 g/mol. The third kappa shape index (κ3) is 4.26. The summed E-state index contributed by atoms with van der Waals surface area (Å²) in [5, 5.41) is 3.20. The highest BCUT2D eigenvalue weighted by atomic mass is 32.2. The van der Waals surface area contributed by atoms with E-state index in [-0.39, 0.29) is 17.4 Å². The van der Waals surface area contributed by atoms with Crippen LogP contribution in [0.3, 0.4) is 0 Å². The number of nitrogens with one attached hydrogen (secondary N) is 1. The summed E-state index contributed by atoms with van der Waals surface area (Å²) in [6.07, 6.45) is 3.12. The highest BCUT2D eigenvalue weighted by molar-refractivity contribution is 7.90. The Hall–Kier alpha value is -2.68. The Bertz CT molecular complexity index is 1080. The zero-order valence-electron chi connectivity index (χ0n) is 17.6. The van der Waals surface area contributed by atoms with Crippen molar-refractivity contribution in [1.82, 2.24) is 9.97 Å². The standard InChI is InChI=1S/C21H27N5O3S/c1-14(2)6-8-26-9-7-19(27)25(3)18-11-22-21(24-20(18)26)23-17-5-4-15-12-30(28,29)13-16(15)10-17/h4-5,10-11,14H,6-9,12-13H2,1-3H3,(H,22,23,24). The van der Waals surface area contributed by atoms with E-state index in [0.29, 0.717) is 30.5 Å². The maximum Gasteiger partial charge on any atom is 0.229 e. The van der Waals surface area contributed by atoms with Gasteiger partial charge in [-0.1, -0.05) is 19.9 Å². The minimum absolute atomic E-state index is 0.0486. The van der Waals surface area contributed by atoms with Crippen molar-refractivity contribution in [1.29, 1.82) is 0 Å². The second-order valence-electron chi connectivity index (χ2n) is 8.42. The maximum absolute atomic E-state index is 12.4. The summed E-state index contributed by atoms with van der Waals surface area (Å²) in [6, 6.07) is 5.54. The van der Waals surface area contributed by atoms with Crippen molar-refractivity contribution >= 4 is 38.9 Å². The van der Waals surface area contributed by atoms with Crippen molar-refractivity contribution in [3.63, 3.8) is 0 Å². The second-order valence-corrected chi connectivity index (χ2v) is 10.5. The van der Waals surface area contributed by atoms with Gasteiger partial charge in [-0.3, -0.25) is 4.79 Å². The highest BCUT2D eigenvalue weighted by Gasteiger charge is 2.27. The molecule has 8 nitrogen and oxygen atoms in total. The van der Waals surface area contributed by atoms with Gasteiger partial charge < -0.3 is 15.1 Å². The number of amides is 1. The summed E-state index contributed by atoms with van der Waals surface area (Å²) in [7, 11) is -1.29. The molecule has 3 heterocycles. The van der Waals surface area contributed by atoms with Crippen LogP contribution in [0.5, 0.6) is 0 Å². The van der Waals surface area contributed by atoms with Crippen LogP contribution in [0, 0.1) is 5.92 Å². The van der Waals surface area contributed by atoms with Crippen LogP contribution in [-0.2, 0) is 26.1 Å². The minimum atomic E-state index is -3.05.